The first-order valence-electron chi connectivity index (χ1n) is 10.3. The van der Waals surface area contributed by atoms with E-state index >= 15 is 0 Å². The van der Waals surface area contributed by atoms with Crippen molar-refractivity contribution in [3.63, 3.8) is 0 Å². The molecule has 7 heteroatoms. The first-order valence-corrected chi connectivity index (χ1v) is 11.7. The van der Waals surface area contributed by atoms with Crippen LogP contribution in [0.4, 0.5) is 5.69 Å². The molecule has 0 radical (unpaired) electrons. The van der Waals surface area contributed by atoms with Crippen LogP contribution in [0.3, 0.4) is 0 Å². The molecule has 164 valence electrons. The van der Waals surface area contributed by atoms with E-state index in [0.717, 1.165) is 57.5 Å². The van der Waals surface area contributed by atoms with E-state index in [1.165, 1.54) is 16.8 Å². The first kappa shape index (κ1) is 24.8. The minimum absolute atomic E-state index is 0. The highest BCUT2D eigenvalue weighted by Crippen LogP contribution is 2.18. The quantitative estimate of drug-likeness (QED) is 0.232. The van der Waals surface area contributed by atoms with E-state index in [1.54, 1.807) is 0 Å². The molecule has 0 bridgehead atoms. The summed E-state index contributed by atoms with van der Waals surface area (Å²) in [5.74, 6) is 1.94. The second kappa shape index (κ2) is 13.8. The number of guanidine groups is 1. The Labute approximate surface area is 202 Å². The van der Waals surface area contributed by atoms with Crippen molar-refractivity contribution in [2.24, 2.45) is 4.99 Å². The number of aliphatic imine (C=N–C) groups is 1. The van der Waals surface area contributed by atoms with E-state index in [4.69, 9.17) is 0 Å². The van der Waals surface area contributed by atoms with Crippen molar-refractivity contribution in [2.45, 2.75) is 13.1 Å². The fraction of sp³-hybridized carbons (Fsp3) is 0.435. The number of thioether (sulfide) groups is 1. The lowest BCUT2D eigenvalue weighted by molar-refractivity contribution is 0.249. The molecule has 1 fully saturated rings. The molecule has 1 aliphatic heterocycles. The Hall–Kier alpha value is -1.45. The van der Waals surface area contributed by atoms with Crippen LogP contribution in [0.25, 0.3) is 0 Å². The van der Waals surface area contributed by atoms with Crippen molar-refractivity contribution in [1.29, 1.82) is 0 Å². The van der Waals surface area contributed by atoms with Crippen LogP contribution < -0.4 is 15.5 Å². The number of nitrogens with one attached hydrogen (secondary N) is 2. The van der Waals surface area contributed by atoms with Crippen LogP contribution >= 0.6 is 35.7 Å². The summed E-state index contributed by atoms with van der Waals surface area (Å²) in [6, 6.07) is 19.5. The van der Waals surface area contributed by atoms with E-state index in [0.29, 0.717) is 0 Å². The van der Waals surface area contributed by atoms with E-state index in [1.807, 2.05) is 18.8 Å². The van der Waals surface area contributed by atoms with Crippen LogP contribution in [-0.4, -0.2) is 62.6 Å². The van der Waals surface area contributed by atoms with Gasteiger partial charge in [0, 0.05) is 64.3 Å². The highest BCUT2D eigenvalue weighted by atomic mass is 127. The molecule has 0 saturated carbocycles. The Bertz CT molecular complexity index is 763. The number of nitrogens with zero attached hydrogens (tertiary/aromatic N) is 3. The van der Waals surface area contributed by atoms with Gasteiger partial charge in [-0.25, -0.2) is 0 Å². The van der Waals surface area contributed by atoms with Crippen LogP contribution in [-0.2, 0) is 13.1 Å². The molecule has 30 heavy (non-hydrogen) atoms. The molecule has 0 spiro atoms. The van der Waals surface area contributed by atoms with Gasteiger partial charge >= 0.3 is 0 Å². The fourth-order valence-electron chi connectivity index (χ4n) is 3.60. The number of benzene rings is 2. The molecule has 1 saturated heterocycles. The average Bonchev–Trinajstić information content (AvgIpc) is 2.78. The molecule has 0 unspecified atom stereocenters. The van der Waals surface area contributed by atoms with Gasteiger partial charge in [-0.3, -0.25) is 9.89 Å². The first-order chi connectivity index (χ1) is 14.3. The predicted molar refractivity (Wildman–Crippen MR) is 142 cm³/mol. The zero-order valence-electron chi connectivity index (χ0n) is 18.0. The van der Waals surface area contributed by atoms with Gasteiger partial charge in [-0.1, -0.05) is 42.5 Å². The number of rotatable bonds is 8. The Morgan fingerprint density at radius 2 is 1.60 bits per heavy atom. The zero-order chi connectivity index (χ0) is 20.3. The average molecular weight is 540 g/mol. The van der Waals surface area contributed by atoms with Crippen molar-refractivity contribution in [3.8, 4) is 0 Å². The SMILES string of the molecule is CN=C(NCCSC)NCc1ccccc1CN1CCN(c2ccccc2)CC1.I. The van der Waals surface area contributed by atoms with Crippen molar-refractivity contribution in [2.75, 3.05) is 56.7 Å². The van der Waals surface area contributed by atoms with Crippen molar-refractivity contribution in [3.05, 3.63) is 65.7 Å². The minimum atomic E-state index is 0. The van der Waals surface area contributed by atoms with E-state index < -0.39 is 0 Å². The number of halogens is 1. The van der Waals surface area contributed by atoms with Crippen molar-refractivity contribution < 1.29 is 0 Å². The summed E-state index contributed by atoms with van der Waals surface area (Å²) in [4.78, 5) is 9.37. The number of para-hydroxylation sites is 1. The molecule has 0 aromatic heterocycles. The lowest BCUT2D eigenvalue weighted by Gasteiger charge is -2.36. The van der Waals surface area contributed by atoms with Gasteiger partial charge in [0.1, 0.15) is 0 Å². The van der Waals surface area contributed by atoms with Gasteiger partial charge < -0.3 is 15.5 Å². The normalized spacial score (nSPS) is 14.9. The molecule has 2 aromatic rings. The molecule has 0 aliphatic carbocycles. The Morgan fingerprint density at radius 1 is 0.933 bits per heavy atom. The summed E-state index contributed by atoms with van der Waals surface area (Å²) in [5, 5.41) is 6.82. The molecule has 0 amide bonds. The van der Waals surface area contributed by atoms with Crippen molar-refractivity contribution >= 4 is 47.4 Å². The molecule has 5 nitrogen and oxygen atoms in total. The molecular weight excluding hydrogens is 505 g/mol. The van der Waals surface area contributed by atoms with Gasteiger partial charge in [0.2, 0.25) is 0 Å². The molecule has 3 rings (SSSR count). The van der Waals surface area contributed by atoms with Crippen LogP contribution in [0.1, 0.15) is 11.1 Å². The molecule has 0 atom stereocenters. The molecule has 2 N–H and O–H groups in total. The smallest absolute Gasteiger partial charge is 0.191 e. The van der Waals surface area contributed by atoms with Gasteiger partial charge in [-0.05, 0) is 29.5 Å². The number of hydrogen-bond donors (Lipinski definition) is 2. The van der Waals surface area contributed by atoms with Gasteiger partial charge in [0.05, 0.1) is 0 Å². The maximum atomic E-state index is 4.33. The standard InChI is InChI=1S/C23H33N5S.HI/c1-24-23(25-12-17-29-2)26-18-20-8-6-7-9-21(20)19-27-13-15-28(16-14-27)22-10-4-3-5-11-22;/h3-11H,12-19H2,1-2H3,(H2,24,25,26);1H. The maximum absolute atomic E-state index is 4.33. The van der Waals surface area contributed by atoms with Crippen LogP contribution in [0.5, 0.6) is 0 Å². The molecule has 1 heterocycles. The largest absolute Gasteiger partial charge is 0.369 e. The predicted octanol–water partition coefficient (Wildman–Crippen LogP) is 3.65. The third kappa shape index (κ3) is 7.67. The van der Waals surface area contributed by atoms with Gasteiger partial charge in [0.15, 0.2) is 5.96 Å². The van der Waals surface area contributed by atoms with Gasteiger partial charge in [0.25, 0.3) is 0 Å². The summed E-state index contributed by atoms with van der Waals surface area (Å²) in [5.41, 5.74) is 4.07. The van der Waals surface area contributed by atoms with Crippen LogP contribution in [0.2, 0.25) is 0 Å². The highest BCUT2D eigenvalue weighted by Gasteiger charge is 2.18. The minimum Gasteiger partial charge on any atom is -0.369 e. The number of anilines is 1. The summed E-state index contributed by atoms with van der Waals surface area (Å²) < 4.78 is 0. The van der Waals surface area contributed by atoms with Crippen LogP contribution in [0, 0.1) is 0 Å². The van der Waals surface area contributed by atoms with Gasteiger partial charge in [-0.2, -0.15) is 11.8 Å². The van der Waals surface area contributed by atoms with E-state index in [2.05, 4.69) is 86.3 Å². The van der Waals surface area contributed by atoms with E-state index in [-0.39, 0.29) is 24.0 Å². The lowest BCUT2D eigenvalue weighted by Crippen LogP contribution is -2.46. The van der Waals surface area contributed by atoms with Crippen molar-refractivity contribution in [1.82, 2.24) is 15.5 Å². The Balaban J connectivity index is 0.00000320. The lowest BCUT2D eigenvalue weighted by atomic mass is 10.1. The fourth-order valence-corrected chi connectivity index (χ4v) is 3.91. The maximum Gasteiger partial charge on any atom is 0.191 e. The summed E-state index contributed by atoms with van der Waals surface area (Å²) >= 11 is 1.83. The third-order valence-corrected chi connectivity index (χ3v) is 5.89. The molecule has 2 aromatic carbocycles. The monoisotopic (exact) mass is 539 g/mol. The molecule has 1 aliphatic rings. The summed E-state index contributed by atoms with van der Waals surface area (Å²) in [7, 11) is 1.83. The second-order valence-corrected chi connectivity index (χ2v) is 8.20. The zero-order valence-corrected chi connectivity index (χ0v) is 21.2. The highest BCUT2D eigenvalue weighted by molar-refractivity contribution is 14.0. The van der Waals surface area contributed by atoms with E-state index in [9.17, 15) is 0 Å². The topological polar surface area (TPSA) is 42.9 Å². The van der Waals surface area contributed by atoms with Crippen LogP contribution in [0.15, 0.2) is 59.6 Å². The van der Waals surface area contributed by atoms with Gasteiger partial charge in [-0.15, -0.1) is 24.0 Å². The Kier molecular flexibility index (Phi) is 11.4. The molecular formula is C23H34IN5S. The summed E-state index contributed by atoms with van der Waals surface area (Å²) in [6.45, 7) is 7.06. The number of hydrogen-bond acceptors (Lipinski definition) is 4. The summed E-state index contributed by atoms with van der Waals surface area (Å²) in [6.07, 6.45) is 2.12. The second-order valence-electron chi connectivity index (χ2n) is 7.21. The third-order valence-electron chi connectivity index (χ3n) is 5.27. The number of piperazine rings is 1. The Morgan fingerprint density at radius 3 is 2.27 bits per heavy atom.